The summed E-state index contributed by atoms with van der Waals surface area (Å²) in [6.07, 6.45) is 3.95. The van der Waals surface area contributed by atoms with Crippen molar-refractivity contribution in [3.63, 3.8) is 0 Å². The predicted octanol–water partition coefficient (Wildman–Crippen LogP) is 2.06. The minimum Gasteiger partial charge on any atom is -0.334 e. The molecule has 2 heterocycles. The number of nitrogens with one attached hydrogen (secondary N) is 1. The Kier molecular flexibility index (Phi) is 3.65. The van der Waals surface area contributed by atoms with Gasteiger partial charge in [0.2, 0.25) is 0 Å². The molecule has 0 radical (unpaired) electrons. The van der Waals surface area contributed by atoms with Gasteiger partial charge < -0.3 is 10.2 Å². The van der Waals surface area contributed by atoms with E-state index in [2.05, 4.69) is 10.3 Å². The number of hydrogen-bond acceptors (Lipinski definition) is 3. The van der Waals surface area contributed by atoms with Crippen molar-refractivity contribution in [2.45, 2.75) is 18.9 Å². The number of rotatable bonds is 3. The second kappa shape index (κ2) is 5.59. The molecule has 1 atom stereocenters. The first-order chi connectivity index (χ1) is 9.79. The molecule has 3 rings (SSSR count). The second-order valence-corrected chi connectivity index (χ2v) is 5.26. The van der Waals surface area contributed by atoms with Crippen LogP contribution in [0.25, 0.3) is 10.9 Å². The van der Waals surface area contributed by atoms with Crippen molar-refractivity contribution in [1.29, 1.82) is 0 Å². The van der Waals surface area contributed by atoms with E-state index in [4.69, 9.17) is 0 Å². The van der Waals surface area contributed by atoms with Gasteiger partial charge >= 0.3 is 0 Å². The van der Waals surface area contributed by atoms with Gasteiger partial charge in [-0.15, -0.1) is 0 Å². The molecule has 0 unspecified atom stereocenters. The Hall–Kier alpha value is -1.94. The highest BCUT2D eigenvalue weighted by atomic mass is 16.2. The number of pyridine rings is 1. The monoisotopic (exact) mass is 269 g/mol. The molecule has 0 saturated carbocycles. The van der Waals surface area contributed by atoms with Crippen LogP contribution in [0.5, 0.6) is 0 Å². The SMILES string of the molecule is CNC[C@@H]1CCCN1C(=O)c1ccc2ncccc2c1. The highest BCUT2D eigenvalue weighted by molar-refractivity contribution is 5.98. The maximum atomic E-state index is 12.7. The number of nitrogens with zero attached hydrogens (tertiary/aromatic N) is 2. The Bertz CT molecular complexity index is 626. The van der Waals surface area contributed by atoms with E-state index in [0.29, 0.717) is 6.04 Å². The van der Waals surface area contributed by atoms with Crippen molar-refractivity contribution in [3.8, 4) is 0 Å². The van der Waals surface area contributed by atoms with Gasteiger partial charge in [-0.2, -0.15) is 0 Å². The van der Waals surface area contributed by atoms with Crippen LogP contribution >= 0.6 is 0 Å². The molecule has 0 aliphatic carbocycles. The average molecular weight is 269 g/mol. The zero-order chi connectivity index (χ0) is 13.9. The first kappa shape index (κ1) is 13.1. The fourth-order valence-electron chi connectivity index (χ4n) is 2.93. The van der Waals surface area contributed by atoms with Crippen molar-refractivity contribution >= 4 is 16.8 Å². The maximum Gasteiger partial charge on any atom is 0.254 e. The normalized spacial score (nSPS) is 18.6. The van der Waals surface area contributed by atoms with Gasteiger partial charge in [0.1, 0.15) is 0 Å². The average Bonchev–Trinajstić information content (AvgIpc) is 2.94. The number of fused-ring (bicyclic) bond motifs is 1. The zero-order valence-corrected chi connectivity index (χ0v) is 11.7. The number of likely N-dealkylation sites (tertiary alicyclic amines) is 1. The van der Waals surface area contributed by atoms with Crippen LogP contribution in [0.3, 0.4) is 0 Å². The van der Waals surface area contributed by atoms with E-state index in [9.17, 15) is 4.79 Å². The molecule has 1 amide bonds. The lowest BCUT2D eigenvalue weighted by atomic mass is 10.1. The molecule has 1 aliphatic rings. The summed E-state index contributed by atoms with van der Waals surface area (Å²) in [4.78, 5) is 18.9. The van der Waals surface area contributed by atoms with Crippen molar-refractivity contribution in [2.75, 3.05) is 20.1 Å². The Morgan fingerprint density at radius 3 is 3.20 bits per heavy atom. The minimum absolute atomic E-state index is 0.133. The van der Waals surface area contributed by atoms with Gasteiger partial charge in [0.15, 0.2) is 0 Å². The number of benzene rings is 1. The van der Waals surface area contributed by atoms with Crippen molar-refractivity contribution in [3.05, 3.63) is 42.1 Å². The first-order valence-electron chi connectivity index (χ1n) is 7.10. The molecule has 1 fully saturated rings. The van der Waals surface area contributed by atoms with E-state index in [-0.39, 0.29) is 5.91 Å². The summed E-state index contributed by atoms with van der Waals surface area (Å²) >= 11 is 0. The summed E-state index contributed by atoms with van der Waals surface area (Å²) in [7, 11) is 1.93. The quantitative estimate of drug-likeness (QED) is 0.927. The maximum absolute atomic E-state index is 12.7. The van der Waals surface area contributed by atoms with E-state index < -0.39 is 0 Å². The Morgan fingerprint density at radius 1 is 1.45 bits per heavy atom. The Morgan fingerprint density at radius 2 is 2.35 bits per heavy atom. The molecule has 1 aromatic heterocycles. The number of carbonyl (C=O) groups is 1. The molecule has 0 bridgehead atoms. The standard InChI is InChI=1S/C16H19N3O/c1-17-11-14-5-3-9-19(14)16(20)13-6-7-15-12(10-13)4-2-8-18-15/h2,4,6-8,10,14,17H,3,5,9,11H2,1H3/t14-/m0/s1. The van der Waals surface area contributed by atoms with Crippen LogP contribution in [0.4, 0.5) is 0 Å². The number of hydrogen-bond donors (Lipinski definition) is 1. The highest BCUT2D eigenvalue weighted by Crippen LogP contribution is 2.21. The van der Waals surface area contributed by atoms with Gasteiger partial charge in [-0.1, -0.05) is 6.07 Å². The number of aromatic nitrogens is 1. The lowest BCUT2D eigenvalue weighted by molar-refractivity contribution is 0.0737. The zero-order valence-electron chi connectivity index (χ0n) is 11.7. The molecular weight excluding hydrogens is 250 g/mol. The van der Waals surface area contributed by atoms with E-state index >= 15 is 0 Å². The van der Waals surface area contributed by atoms with Crippen LogP contribution in [0, 0.1) is 0 Å². The third kappa shape index (κ3) is 2.39. The van der Waals surface area contributed by atoms with Crippen LogP contribution in [-0.2, 0) is 0 Å². The topological polar surface area (TPSA) is 45.2 Å². The second-order valence-electron chi connectivity index (χ2n) is 5.26. The fourth-order valence-corrected chi connectivity index (χ4v) is 2.93. The molecule has 20 heavy (non-hydrogen) atoms. The third-order valence-electron chi connectivity index (χ3n) is 3.93. The molecule has 4 nitrogen and oxygen atoms in total. The summed E-state index contributed by atoms with van der Waals surface area (Å²) in [5, 5.41) is 4.19. The van der Waals surface area contributed by atoms with Crippen LogP contribution in [0.15, 0.2) is 36.5 Å². The largest absolute Gasteiger partial charge is 0.334 e. The minimum atomic E-state index is 0.133. The van der Waals surface area contributed by atoms with Crippen molar-refractivity contribution in [1.82, 2.24) is 15.2 Å². The van der Waals surface area contributed by atoms with Gasteiger partial charge in [-0.05, 0) is 44.2 Å². The molecule has 0 spiro atoms. The van der Waals surface area contributed by atoms with E-state index in [1.54, 1.807) is 6.20 Å². The van der Waals surface area contributed by atoms with Gasteiger partial charge in [0, 0.05) is 36.3 Å². The molecule has 1 saturated heterocycles. The lowest BCUT2D eigenvalue weighted by Gasteiger charge is -2.24. The van der Waals surface area contributed by atoms with E-state index in [1.807, 2.05) is 42.3 Å². The molecule has 1 aromatic carbocycles. The van der Waals surface area contributed by atoms with Gasteiger partial charge in [0.05, 0.1) is 5.52 Å². The predicted molar refractivity (Wildman–Crippen MR) is 79.7 cm³/mol. The number of amides is 1. The number of carbonyl (C=O) groups excluding carboxylic acids is 1. The van der Waals surface area contributed by atoms with Crippen molar-refractivity contribution < 1.29 is 4.79 Å². The summed E-state index contributed by atoms with van der Waals surface area (Å²) in [5.41, 5.74) is 1.69. The Balaban J connectivity index is 1.88. The lowest BCUT2D eigenvalue weighted by Crippen LogP contribution is -2.40. The van der Waals surface area contributed by atoms with Crippen LogP contribution in [0.2, 0.25) is 0 Å². The summed E-state index contributed by atoms with van der Waals surface area (Å²) in [6, 6.07) is 9.96. The van der Waals surface area contributed by atoms with Gasteiger partial charge in [0.25, 0.3) is 5.91 Å². The van der Waals surface area contributed by atoms with Crippen LogP contribution in [0.1, 0.15) is 23.2 Å². The molecule has 104 valence electrons. The molecule has 2 aromatic rings. The van der Waals surface area contributed by atoms with Crippen LogP contribution < -0.4 is 5.32 Å². The smallest absolute Gasteiger partial charge is 0.254 e. The molecular formula is C16H19N3O. The van der Waals surface area contributed by atoms with E-state index in [0.717, 1.165) is 42.4 Å². The Labute approximate surface area is 118 Å². The molecule has 1 aliphatic heterocycles. The fraction of sp³-hybridized carbons (Fsp3) is 0.375. The van der Waals surface area contributed by atoms with Gasteiger partial charge in [-0.25, -0.2) is 0 Å². The van der Waals surface area contributed by atoms with E-state index in [1.165, 1.54) is 0 Å². The summed E-state index contributed by atoms with van der Waals surface area (Å²) < 4.78 is 0. The molecule has 1 N–H and O–H groups in total. The first-order valence-corrected chi connectivity index (χ1v) is 7.10. The summed E-state index contributed by atoms with van der Waals surface area (Å²) in [6.45, 7) is 1.72. The number of likely N-dealkylation sites (N-methyl/N-ethyl adjacent to an activating group) is 1. The van der Waals surface area contributed by atoms with Gasteiger partial charge in [-0.3, -0.25) is 9.78 Å². The molecule has 4 heteroatoms. The highest BCUT2D eigenvalue weighted by Gasteiger charge is 2.28. The van der Waals surface area contributed by atoms with Crippen molar-refractivity contribution in [2.24, 2.45) is 0 Å². The summed E-state index contributed by atoms with van der Waals surface area (Å²) in [5.74, 6) is 0.133. The van der Waals surface area contributed by atoms with Crippen LogP contribution in [-0.4, -0.2) is 42.0 Å². The third-order valence-corrected chi connectivity index (χ3v) is 3.93.